The fourth-order valence-corrected chi connectivity index (χ4v) is 2.91. The SMILES string of the molecule is O=C(OCc1ccccc1)N1CCC(OC2CC(O)C2)CC1. The maximum Gasteiger partial charge on any atom is 0.410 e. The molecule has 1 saturated heterocycles. The van der Waals surface area contributed by atoms with E-state index in [4.69, 9.17) is 9.47 Å². The summed E-state index contributed by atoms with van der Waals surface area (Å²) in [6.45, 7) is 1.66. The van der Waals surface area contributed by atoms with Gasteiger partial charge < -0.3 is 19.5 Å². The summed E-state index contributed by atoms with van der Waals surface area (Å²) in [6.07, 6.45) is 3.16. The molecule has 0 atom stereocenters. The van der Waals surface area contributed by atoms with E-state index >= 15 is 0 Å². The normalized spacial score (nSPS) is 25.6. The Balaban J connectivity index is 1.36. The molecular formula is C17H23NO4. The first-order chi connectivity index (χ1) is 10.7. The second kappa shape index (κ2) is 7.11. The van der Waals surface area contributed by atoms with Gasteiger partial charge in [0.15, 0.2) is 0 Å². The lowest BCUT2D eigenvalue weighted by atomic mass is 9.92. The van der Waals surface area contributed by atoms with Crippen LogP contribution in [0.2, 0.25) is 0 Å². The van der Waals surface area contributed by atoms with Gasteiger partial charge in [-0.3, -0.25) is 0 Å². The largest absolute Gasteiger partial charge is 0.445 e. The van der Waals surface area contributed by atoms with Gasteiger partial charge in [0.05, 0.1) is 18.3 Å². The molecule has 2 aliphatic rings. The Morgan fingerprint density at radius 1 is 1.14 bits per heavy atom. The Labute approximate surface area is 130 Å². The van der Waals surface area contributed by atoms with Crippen molar-refractivity contribution in [3.63, 3.8) is 0 Å². The maximum atomic E-state index is 12.0. The van der Waals surface area contributed by atoms with Crippen molar-refractivity contribution in [3.05, 3.63) is 35.9 Å². The van der Waals surface area contributed by atoms with Crippen molar-refractivity contribution in [2.24, 2.45) is 0 Å². The first-order valence-corrected chi connectivity index (χ1v) is 8.00. The molecule has 1 heterocycles. The van der Waals surface area contributed by atoms with Gasteiger partial charge in [0.2, 0.25) is 0 Å². The van der Waals surface area contributed by atoms with Gasteiger partial charge in [0, 0.05) is 13.1 Å². The lowest BCUT2D eigenvalue weighted by molar-refractivity contribution is -0.115. The van der Waals surface area contributed by atoms with E-state index in [0.717, 1.165) is 31.2 Å². The van der Waals surface area contributed by atoms with E-state index in [1.807, 2.05) is 30.3 Å². The number of carbonyl (C=O) groups excluding carboxylic acids is 1. The standard InChI is InChI=1S/C17H23NO4/c19-14-10-16(11-14)22-15-6-8-18(9-7-15)17(20)21-12-13-4-2-1-3-5-13/h1-5,14-16,19H,6-12H2. The third kappa shape index (κ3) is 3.99. The summed E-state index contributed by atoms with van der Waals surface area (Å²) in [5.74, 6) is 0. The molecule has 1 N–H and O–H groups in total. The molecule has 5 heteroatoms. The Kier molecular flexibility index (Phi) is 4.95. The lowest BCUT2D eigenvalue weighted by Crippen LogP contribution is -2.44. The number of ether oxygens (including phenoxy) is 2. The summed E-state index contributed by atoms with van der Waals surface area (Å²) >= 11 is 0. The van der Waals surface area contributed by atoms with Gasteiger partial charge in [-0.05, 0) is 31.2 Å². The molecule has 0 aromatic heterocycles. The van der Waals surface area contributed by atoms with Crippen LogP contribution in [-0.2, 0) is 16.1 Å². The van der Waals surface area contributed by atoms with Crippen molar-refractivity contribution in [2.45, 2.75) is 50.6 Å². The highest BCUT2D eigenvalue weighted by Crippen LogP contribution is 2.27. The zero-order chi connectivity index (χ0) is 15.4. The van der Waals surface area contributed by atoms with E-state index in [0.29, 0.717) is 19.7 Å². The second-order valence-electron chi connectivity index (χ2n) is 6.11. The number of likely N-dealkylation sites (tertiary alicyclic amines) is 1. The highest BCUT2D eigenvalue weighted by molar-refractivity contribution is 5.67. The molecule has 1 amide bonds. The van der Waals surface area contributed by atoms with Crippen LogP contribution < -0.4 is 0 Å². The number of amides is 1. The van der Waals surface area contributed by atoms with Gasteiger partial charge in [-0.25, -0.2) is 4.79 Å². The zero-order valence-electron chi connectivity index (χ0n) is 12.7. The van der Waals surface area contributed by atoms with Gasteiger partial charge in [0.1, 0.15) is 6.61 Å². The van der Waals surface area contributed by atoms with Crippen LogP contribution in [0.25, 0.3) is 0 Å². The molecule has 1 aromatic rings. The van der Waals surface area contributed by atoms with Crippen molar-refractivity contribution >= 4 is 6.09 Å². The number of hydrogen-bond donors (Lipinski definition) is 1. The smallest absolute Gasteiger partial charge is 0.410 e. The minimum atomic E-state index is -0.249. The number of piperidine rings is 1. The van der Waals surface area contributed by atoms with Crippen molar-refractivity contribution < 1.29 is 19.4 Å². The molecule has 1 saturated carbocycles. The molecule has 1 aliphatic heterocycles. The summed E-state index contributed by atoms with van der Waals surface area (Å²) in [5, 5.41) is 9.27. The van der Waals surface area contributed by atoms with Crippen LogP contribution >= 0.6 is 0 Å². The number of rotatable bonds is 4. The Morgan fingerprint density at radius 2 is 1.82 bits per heavy atom. The summed E-state index contributed by atoms with van der Waals surface area (Å²) in [6, 6.07) is 9.70. The van der Waals surface area contributed by atoms with Crippen molar-refractivity contribution in [3.8, 4) is 0 Å². The molecule has 1 aliphatic carbocycles. The van der Waals surface area contributed by atoms with Crippen molar-refractivity contribution in [1.82, 2.24) is 4.90 Å². The quantitative estimate of drug-likeness (QED) is 0.927. The highest BCUT2D eigenvalue weighted by atomic mass is 16.6. The average Bonchev–Trinajstić information content (AvgIpc) is 2.53. The van der Waals surface area contributed by atoms with Gasteiger partial charge in [-0.15, -0.1) is 0 Å². The van der Waals surface area contributed by atoms with Crippen LogP contribution in [0, 0.1) is 0 Å². The van der Waals surface area contributed by atoms with E-state index in [1.165, 1.54) is 0 Å². The Morgan fingerprint density at radius 3 is 2.45 bits per heavy atom. The molecule has 0 unspecified atom stereocenters. The Bertz CT molecular complexity index is 479. The number of benzene rings is 1. The van der Waals surface area contributed by atoms with Gasteiger partial charge in [0.25, 0.3) is 0 Å². The van der Waals surface area contributed by atoms with Gasteiger partial charge in [-0.2, -0.15) is 0 Å². The number of aliphatic hydroxyl groups is 1. The first kappa shape index (κ1) is 15.3. The number of aliphatic hydroxyl groups excluding tert-OH is 1. The molecule has 1 aromatic carbocycles. The summed E-state index contributed by atoms with van der Waals surface area (Å²) < 4.78 is 11.3. The van der Waals surface area contributed by atoms with Crippen LogP contribution in [0.3, 0.4) is 0 Å². The van der Waals surface area contributed by atoms with Crippen LogP contribution in [0.4, 0.5) is 4.79 Å². The first-order valence-electron chi connectivity index (χ1n) is 8.00. The highest BCUT2D eigenvalue weighted by Gasteiger charge is 2.32. The molecule has 2 fully saturated rings. The molecule has 0 bridgehead atoms. The fourth-order valence-electron chi connectivity index (χ4n) is 2.91. The van der Waals surface area contributed by atoms with E-state index in [9.17, 15) is 9.90 Å². The predicted octanol–water partition coefficient (Wildman–Crippen LogP) is 2.33. The predicted molar refractivity (Wildman–Crippen MR) is 81.3 cm³/mol. The van der Waals surface area contributed by atoms with E-state index in [-0.39, 0.29) is 24.4 Å². The van der Waals surface area contributed by atoms with Gasteiger partial charge in [-0.1, -0.05) is 30.3 Å². The maximum absolute atomic E-state index is 12.0. The third-order valence-corrected chi connectivity index (χ3v) is 4.36. The minimum Gasteiger partial charge on any atom is -0.445 e. The summed E-state index contributed by atoms with van der Waals surface area (Å²) in [4.78, 5) is 13.8. The van der Waals surface area contributed by atoms with Crippen molar-refractivity contribution in [2.75, 3.05) is 13.1 Å². The summed E-state index contributed by atoms with van der Waals surface area (Å²) in [7, 11) is 0. The molecule has 120 valence electrons. The minimum absolute atomic E-state index is 0.182. The second-order valence-corrected chi connectivity index (χ2v) is 6.11. The molecule has 0 spiro atoms. The van der Waals surface area contributed by atoms with Crippen LogP contribution in [-0.4, -0.2) is 47.5 Å². The molecule has 3 rings (SSSR count). The molecule has 5 nitrogen and oxygen atoms in total. The number of hydrogen-bond acceptors (Lipinski definition) is 4. The van der Waals surface area contributed by atoms with E-state index < -0.39 is 0 Å². The third-order valence-electron chi connectivity index (χ3n) is 4.36. The van der Waals surface area contributed by atoms with Crippen LogP contribution in [0.1, 0.15) is 31.2 Å². The molecule has 22 heavy (non-hydrogen) atoms. The molecular weight excluding hydrogens is 282 g/mol. The van der Waals surface area contributed by atoms with Gasteiger partial charge >= 0.3 is 6.09 Å². The van der Waals surface area contributed by atoms with Crippen LogP contribution in [0.15, 0.2) is 30.3 Å². The fraction of sp³-hybridized carbons (Fsp3) is 0.588. The average molecular weight is 305 g/mol. The topological polar surface area (TPSA) is 59.0 Å². The summed E-state index contributed by atoms with van der Waals surface area (Å²) in [5.41, 5.74) is 0.998. The lowest BCUT2D eigenvalue weighted by Gasteiger charge is -2.37. The van der Waals surface area contributed by atoms with E-state index in [1.54, 1.807) is 4.90 Å². The number of nitrogens with zero attached hydrogens (tertiary/aromatic N) is 1. The van der Waals surface area contributed by atoms with Crippen LogP contribution in [0.5, 0.6) is 0 Å². The molecule has 0 radical (unpaired) electrons. The van der Waals surface area contributed by atoms with Crippen molar-refractivity contribution in [1.29, 1.82) is 0 Å². The Hall–Kier alpha value is -1.59. The van der Waals surface area contributed by atoms with E-state index in [2.05, 4.69) is 0 Å². The number of carbonyl (C=O) groups is 1. The monoisotopic (exact) mass is 305 g/mol. The zero-order valence-corrected chi connectivity index (χ0v) is 12.7.